The molecule has 1 aromatic heterocycles. The maximum atomic E-state index is 12.2. The number of rotatable bonds is 3. The molecule has 3 rings (SSSR count). The van der Waals surface area contributed by atoms with Crippen LogP contribution in [0.3, 0.4) is 0 Å². The maximum Gasteiger partial charge on any atom is 0.323 e. The van der Waals surface area contributed by atoms with Gasteiger partial charge in [-0.1, -0.05) is 29.3 Å². The lowest BCUT2D eigenvalue weighted by Gasteiger charge is -2.12. The number of halogens is 2. The molecule has 2 amide bonds. The molecule has 0 spiro atoms. The highest BCUT2D eigenvalue weighted by Crippen LogP contribution is 2.31. The minimum atomic E-state index is -0.340. The number of anilines is 2. The second kappa shape index (κ2) is 7.17. The van der Waals surface area contributed by atoms with Gasteiger partial charge in [0.1, 0.15) is 0 Å². The van der Waals surface area contributed by atoms with E-state index in [0.29, 0.717) is 21.4 Å². The van der Waals surface area contributed by atoms with Crippen LogP contribution in [0.25, 0.3) is 11.3 Å². The summed E-state index contributed by atoms with van der Waals surface area (Å²) in [7, 11) is 1.83. The molecule has 128 valence electrons. The molecule has 7 heteroatoms. The Hall–Kier alpha value is -2.50. The average molecular weight is 375 g/mol. The average Bonchev–Trinajstić information content (AvgIpc) is 2.90. The molecule has 0 aliphatic carbocycles. The van der Waals surface area contributed by atoms with Gasteiger partial charge in [0.2, 0.25) is 0 Å². The molecule has 0 atom stereocenters. The summed E-state index contributed by atoms with van der Waals surface area (Å²) in [5.74, 6) is 0. The number of nitrogens with zero attached hydrogens (tertiary/aromatic N) is 2. The predicted octanol–water partition coefficient (Wildman–Crippen LogP) is 5.35. The summed E-state index contributed by atoms with van der Waals surface area (Å²) >= 11 is 12.1. The molecule has 3 aromatic rings. The van der Waals surface area contributed by atoms with Crippen LogP contribution in [0.5, 0.6) is 0 Å². The lowest BCUT2D eigenvalue weighted by Crippen LogP contribution is -2.19. The first-order chi connectivity index (χ1) is 11.9. The summed E-state index contributed by atoms with van der Waals surface area (Å²) in [4.78, 5) is 12.2. The molecular formula is C18H16Cl2N4O. The van der Waals surface area contributed by atoms with Crippen LogP contribution in [0.2, 0.25) is 10.0 Å². The van der Waals surface area contributed by atoms with Gasteiger partial charge in [0, 0.05) is 29.0 Å². The van der Waals surface area contributed by atoms with Crippen LogP contribution in [-0.4, -0.2) is 15.8 Å². The van der Waals surface area contributed by atoms with Gasteiger partial charge in [-0.15, -0.1) is 0 Å². The largest absolute Gasteiger partial charge is 0.323 e. The first kappa shape index (κ1) is 17.3. The number of aromatic nitrogens is 2. The molecule has 0 saturated heterocycles. The highest BCUT2D eigenvalue weighted by Gasteiger charge is 2.13. The highest BCUT2D eigenvalue weighted by atomic mass is 35.5. The second-order valence-corrected chi connectivity index (χ2v) is 6.42. The molecule has 0 aliphatic heterocycles. The zero-order chi connectivity index (χ0) is 18.0. The van der Waals surface area contributed by atoms with Crippen molar-refractivity contribution in [3.05, 3.63) is 64.3 Å². The molecule has 0 saturated carbocycles. The van der Waals surface area contributed by atoms with Gasteiger partial charge >= 0.3 is 6.03 Å². The lowest BCUT2D eigenvalue weighted by molar-refractivity contribution is 0.262. The van der Waals surface area contributed by atoms with Crippen molar-refractivity contribution in [2.75, 3.05) is 10.6 Å². The third kappa shape index (κ3) is 3.95. The number of hydrogen-bond donors (Lipinski definition) is 2. The summed E-state index contributed by atoms with van der Waals surface area (Å²) in [5.41, 5.74) is 4.07. The van der Waals surface area contributed by atoms with Gasteiger partial charge in [0.15, 0.2) is 0 Å². The van der Waals surface area contributed by atoms with Gasteiger partial charge in [0.25, 0.3) is 0 Å². The number of urea groups is 1. The summed E-state index contributed by atoms with van der Waals surface area (Å²) in [6.45, 7) is 1.98. The van der Waals surface area contributed by atoms with Crippen LogP contribution in [0, 0.1) is 6.92 Å². The van der Waals surface area contributed by atoms with Crippen molar-refractivity contribution in [1.29, 1.82) is 0 Å². The van der Waals surface area contributed by atoms with Crippen LogP contribution in [0.1, 0.15) is 5.56 Å². The molecule has 2 N–H and O–H groups in total. The van der Waals surface area contributed by atoms with Crippen LogP contribution >= 0.6 is 23.2 Å². The molecule has 0 fully saturated rings. The molecule has 25 heavy (non-hydrogen) atoms. The predicted molar refractivity (Wildman–Crippen MR) is 102 cm³/mol. The Balaban J connectivity index is 1.80. The van der Waals surface area contributed by atoms with Gasteiger partial charge in [0.05, 0.1) is 16.9 Å². The highest BCUT2D eigenvalue weighted by molar-refractivity contribution is 6.33. The molecule has 0 aliphatic rings. The van der Waals surface area contributed by atoms with Gasteiger partial charge in [-0.3, -0.25) is 4.68 Å². The lowest BCUT2D eigenvalue weighted by atomic mass is 10.0. The molecule has 0 unspecified atom stereocenters. The fraction of sp³-hybridized carbons (Fsp3) is 0.111. The Kier molecular flexibility index (Phi) is 4.97. The molecule has 2 aromatic carbocycles. The number of hydrogen-bond acceptors (Lipinski definition) is 2. The van der Waals surface area contributed by atoms with E-state index in [1.165, 1.54) is 0 Å². The van der Waals surface area contributed by atoms with Crippen LogP contribution < -0.4 is 10.6 Å². The number of carbonyl (C=O) groups excluding carboxylic acids is 1. The van der Waals surface area contributed by atoms with Crippen molar-refractivity contribution in [3.63, 3.8) is 0 Å². The van der Waals surface area contributed by atoms with Crippen LogP contribution in [0.4, 0.5) is 16.2 Å². The number of carbonyl (C=O) groups is 1. The monoisotopic (exact) mass is 374 g/mol. The summed E-state index contributed by atoms with van der Waals surface area (Å²) < 4.78 is 1.71. The standard InChI is InChI=1S/C18H16Cl2N4O/c1-11-3-6-14(9-15(11)17-16(20)10-21-24(17)2)23-18(25)22-13-7-4-12(19)5-8-13/h3-10H,1-2H3,(H2,22,23,25). The number of nitrogens with one attached hydrogen (secondary N) is 2. The fourth-order valence-electron chi connectivity index (χ4n) is 2.50. The van der Waals surface area contributed by atoms with Gasteiger partial charge < -0.3 is 10.6 Å². The van der Waals surface area contributed by atoms with E-state index < -0.39 is 0 Å². The van der Waals surface area contributed by atoms with Crippen molar-refractivity contribution >= 4 is 40.6 Å². The van der Waals surface area contributed by atoms with E-state index in [4.69, 9.17) is 23.2 Å². The van der Waals surface area contributed by atoms with E-state index in [1.807, 2.05) is 32.2 Å². The van der Waals surface area contributed by atoms with E-state index in [-0.39, 0.29) is 6.03 Å². The minimum absolute atomic E-state index is 0.340. The first-order valence-corrected chi connectivity index (χ1v) is 8.32. The van der Waals surface area contributed by atoms with Gasteiger partial charge in [-0.05, 0) is 48.9 Å². The minimum Gasteiger partial charge on any atom is -0.308 e. The Morgan fingerprint density at radius 1 is 1.04 bits per heavy atom. The summed E-state index contributed by atoms with van der Waals surface area (Å²) in [5, 5.41) is 10.9. The quantitative estimate of drug-likeness (QED) is 0.649. The van der Waals surface area contributed by atoms with Crippen molar-refractivity contribution in [2.24, 2.45) is 7.05 Å². The Morgan fingerprint density at radius 2 is 1.68 bits per heavy atom. The van der Waals surface area contributed by atoms with Crippen molar-refractivity contribution in [2.45, 2.75) is 6.92 Å². The molecule has 0 radical (unpaired) electrons. The zero-order valence-electron chi connectivity index (χ0n) is 13.7. The van der Waals surface area contributed by atoms with E-state index in [1.54, 1.807) is 35.1 Å². The third-order valence-electron chi connectivity index (χ3n) is 3.75. The summed E-state index contributed by atoms with van der Waals surface area (Å²) in [6.07, 6.45) is 1.60. The van der Waals surface area contributed by atoms with E-state index >= 15 is 0 Å². The molecule has 5 nitrogen and oxygen atoms in total. The smallest absolute Gasteiger partial charge is 0.308 e. The Labute approximate surface area is 155 Å². The topological polar surface area (TPSA) is 59.0 Å². The van der Waals surface area contributed by atoms with Crippen molar-refractivity contribution < 1.29 is 4.79 Å². The number of amides is 2. The van der Waals surface area contributed by atoms with E-state index in [9.17, 15) is 4.79 Å². The van der Waals surface area contributed by atoms with Crippen molar-refractivity contribution in [3.8, 4) is 11.3 Å². The van der Waals surface area contributed by atoms with Crippen LogP contribution in [-0.2, 0) is 7.05 Å². The second-order valence-electron chi connectivity index (χ2n) is 5.58. The molecule has 0 bridgehead atoms. The van der Waals surface area contributed by atoms with Crippen LogP contribution in [0.15, 0.2) is 48.7 Å². The maximum absolute atomic E-state index is 12.2. The van der Waals surface area contributed by atoms with Gasteiger partial charge in [-0.2, -0.15) is 5.10 Å². The Bertz CT molecular complexity index is 900. The Morgan fingerprint density at radius 3 is 2.32 bits per heavy atom. The normalized spacial score (nSPS) is 10.6. The van der Waals surface area contributed by atoms with E-state index in [0.717, 1.165) is 16.8 Å². The molecule has 1 heterocycles. The van der Waals surface area contributed by atoms with Gasteiger partial charge in [-0.25, -0.2) is 4.79 Å². The SMILES string of the molecule is Cc1ccc(NC(=O)Nc2ccc(Cl)cc2)cc1-c1c(Cl)cnn1C. The fourth-order valence-corrected chi connectivity index (χ4v) is 2.89. The number of aryl methyl sites for hydroxylation is 2. The summed E-state index contributed by atoms with van der Waals surface area (Å²) in [6, 6.07) is 12.2. The van der Waals surface area contributed by atoms with E-state index in [2.05, 4.69) is 15.7 Å². The number of benzene rings is 2. The first-order valence-electron chi connectivity index (χ1n) is 7.56. The van der Waals surface area contributed by atoms with Crippen molar-refractivity contribution in [1.82, 2.24) is 9.78 Å². The third-order valence-corrected chi connectivity index (χ3v) is 4.28. The zero-order valence-corrected chi connectivity index (χ0v) is 15.2. The molecular weight excluding hydrogens is 359 g/mol.